The molecule has 3 rings (SSSR count). The van der Waals surface area contributed by atoms with Gasteiger partial charge in [0, 0.05) is 44.9 Å². The largest absolute Gasteiger partial charge is 0.342 e. The summed E-state index contributed by atoms with van der Waals surface area (Å²) in [6, 6.07) is 11.2. The SMILES string of the molecule is CCN(CC)CCN(CC)C(=O)CC1(c2ccccc2C)CC(=O)N(Cc2ccncc2)C1=O. The quantitative estimate of drug-likeness (QED) is 0.478. The lowest BCUT2D eigenvalue weighted by molar-refractivity contribution is -0.143. The molecule has 0 saturated carbocycles. The van der Waals surface area contributed by atoms with E-state index in [1.54, 1.807) is 24.5 Å². The lowest BCUT2D eigenvalue weighted by Crippen LogP contribution is -2.45. The first kappa shape index (κ1) is 25.6. The molecule has 1 aromatic carbocycles. The monoisotopic (exact) mass is 464 g/mol. The van der Waals surface area contributed by atoms with E-state index in [0.29, 0.717) is 13.1 Å². The molecular weight excluding hydrogens is 428 g/mol. The summed E-state index contributed by atoms with van der Waals surface area (Å²) in [5, 5.41) is 0. The first-order valence-electron chi connectivity index (χ1n) is 12.2. The zero-order valence-electron chi connectivity index (χ0n) is 20.8. The highest BCUT2D eigenvalue weighted by molar-refractivity contribution is 6.10. The minimum absolute atomic E-state index is 0.00110. The van der Waals surface area contributed by atoms with Gasteiger partial charge in [-0.25, -0.2) is 0 Å². The summed E-state index contributed by atoms with van der Waals surface area (Å²) >= 11 is 0. The van der Waals surface area contributed by atoms with Crippen LogP contribution in [0.5, 0.6) is 0 Å². The molecule has 1 aliphatic heterocycles. The Morgan fingerprint density at radius 3 is 2.29 bits per heavy atom. The fourth-order valence-electron chi connectivity index (χ4n) is 4.82. The van der Waals surface area contributed by atoms with E-state index in [0.717, 1.165) is 36.3 Å². The van der Waals surface area contributed by atoms with E-state index in [9.17, 15) is 14.4 Å². The van der Waals surface area contributed by atoms with Crippen LogP contribution in [0.4, 0.5) is 0 Å². The summed E-state index contributed by atoms with van der Waals surface area (Å²) in [4.78, 5) is 50.0. The Labute approximate surface area is 202 Å². The number of rotatable bonds is 11. The molecule has 0 spiro atoms. The lowest BCUT2D eigenvalue weighted by Gasteiger charge is -2.32. The predicted octanol–water partition coefficient (Wildman–Crippen LogP) is 3.17. The van der Waals surface area contributed by atoms with Crippen LogP contribution in [0.1, 0.15) is 50.3 Å². The third-order valence-corrected chi connectivity index (χ3v) is 6.93. The van der Waals surface area contributed by atoms with Crippen LogP contribution in [0.15, 0.2) is 48.8 Å². The van der Waals surface area contributed by atoms with Crippen molar-refractivity contribution in [2.75, 3.05) is 32.7 Å². The molecule has 1 unspecified atom stereocenters. The number of likely N-dealkylation sites (tertiary alicyclic amines) is 1. The zero-order valence-corrected chi connectivity index (χ0v) is 20.8. The molecule has 7 heteroatoms. The standard InChI is InChI=1S/C27H36N4O3/c1-5-29(6-2)16-17-30(7-3)24(32)18-27(23-11-9-8-10-21(23)4)19-25(33)31(26(27)34)20-22-12-14-28-15-13-22/h8-15H,5-7,16-20H2,1-4H3. The van der Waals surface area contributed by atoms with Crippen molar-refractivity contribution < 1.29 is 14.4 Å². The van der Waals surface area contributed by atoms with Crippen LogP contribution < -0.4 is 0 Å². The van der Waals surface area contributed by atoms with Crippen molar-refractivity contribution in [2.24, 2.45) is 0 Å². The number of pyridine rings is 1. The van der Waals surface area contributed by atoms with Crippen molar-refractivity contribution >= 4 is 17.7 Å². The second-order valence-corrected chi connectivity index (χ2v) is 8.89. The van der Waals surface area contributed by atoms with Crippen LogP contribution in [0.25, 0.3) is 0 Å². The minimum Gasteiger partial charge on any atom is -0.342 e. The van der Waals surface area contributed by atoms with Crippen LogP contribution in [0.3, 0.4) is 0 Å². The highest BCUT2D eigenvalue weighted by Gasteiger charge is 2.54. The molecule has 1 saturated heterocycles. The number of hydrogen-bond donors (Lipinski definition) is 0. The van der Waals surface area contributed by atoms with E-state index in [-0.39, 0.29) is 37.1 Å². The maximum atomic E-state index is 13.9. The van der Waals surface area contributed by atoms with E-state index >= 15 is 0 Å². The highest BCUT2D eigenvalue weighted by Crippen LogP contribution is 2.42. The van der Waals surface area contributed by atoms with E-state index in [2.05, 4.69) is 23.7 Å². The Balaban J connectivity index is 1.91. The third-order valence-electron chi connectivity index (χ3n) is 6.93. The van der Waals surface area contributed by atoms with Gasteiger partial charge in [0.25, 0.3) is 0 Å². The van der Waals surface area contributed by atoms with Gasteiger partial charge < -0.3 is 9.80 Å². The summed E-state index contributed by atoms with van der Waals surface area (Å²) in [5.41, 5.74) is 1.32. The van der Waals surface area contributed by atoms with E-state index in [4.69, 9.17) is 0 Å². The van der Waals surface area contributed by atoms with Gasteiger partial charge in [0.15, 0.2) is 0 Å². The normalized spacial score (nSPS) is 18.1. The van der Waals surface area contributed by atoms with E-state index in [1.807, 2.05) is 43.0 Å². The summed E-state index contributed by atoms with van der Waals surface area (Å²) in [5.74, 6) is -0.634. The summed E-state index contributed by atoms with van der Waals surface area (Å²) in [7, 11) is 0. The van der Waals surface area contributed by atoms with Gasteiger partial charge in [-0.2, -0.15) is 0 Å². The molecule has 7 nitrogen and oxygen atoms in total. The van der Waals surface area contributed by atoms with Gasteiger partial charge in [-0.1, -0.05) is 38.1 Å². The average molecular weight is 465 g/mol. The number of carbonyl (C=O) groups excluding carboxylic acids is 3. The zero-order chi connectivity index (χ0) is 24.7. The van der Waals surface area contributed by atoms with Gasteiger partial charge in [-0.05, 0) is 55.8 Å². The number of hydrogen-bond acceptors (Lipinski definition) is 5. The summed E-state index contributed by atoms with van der Waals surface area (Å²) in [6.07, 6.45) is 3.28. The molecule has 2 aromatic rings. The maximum Gasteiger partial charge on any atom is 0.241 e. The first-order chi connectivity index (χ1) is 16.4. The summed E-state index contributed by atoms with van der Waals surface area (Å²) in [6.45, 7) is 12.1. The van der Waals surface area contributed by atoms with Crippen molar-refractivity contribution in [1.82, 2.24) is 19.7 Å². The Bertz CT molecular complexity index is 1010. The van der Waals surface area contributed by atoms with E-state index < -0.39 is 5.41 Å². The fraction of sp³-hybridized carbons (Fsp3) is 0.481. The van der Waals surface area contributed by atoms with Crippen molar-refractivity contribution in [2.45, 2.75) is 52.5 Å². The molecule has 2 heterocycles. The van der Waals surface area contributed by atoms with E-state index in [1.165, 1.54) is 4.90 Å². The third kappa shape index (κ3) is 5.36. The van der Waals surface area contributed by atoms with Crippen LogP contribution in [0.2, 0.25) is 0 Å². The van der Waals surface area contributed by atoms with Gasteiger partial charge in [0.05, 0.1) is 12.0 Å². The molecule has 3 amide bonds. The maximum absolute atomic E-state index is 13.9. The molecule has 1 fully saturated rings. The minimum atomic E-state index is -1.19. The molecule has 1 atom stereocenters. The Hall–Kier alpha value is -3.06. The van der Waals surface area contributed by atoms with Crippen molar-refractivity contribution in [1.29, 1.82) is 0 Å². The number of imide groups is 1. The van der Waals surface area contributed by atoms with Gasteiger partial charge in [0.1, 0.15) is 0 Å². The van der Waals surface area contributed by atoms with Gasteiger partial charge in [-0.15, -0.1) is 0 Å². The lowest BCUT2D eigenvalue weighted by atomic mass is 9.74. The molecule has 1 aliphatic rings. The smallest absolute Gasteiger partial charge is 0.241 e. The molecular formula is C27H36N4O3. The molecule has 0 aliphatic carbocycles. The van der Waals surface area contributed by atoms with Crippen LogP contribution in [-0.4, -0.2) is 70.1 Å². The first-order valence-corrected chi connectivity index (χ1v) is 12.2. The second-order valence-electron chi connectivity index (χ2n) is 8.89. The number of benzene rings is 1. The molecule has 0 bridgehead atoms. The number of amides is 3. The van der Waals surface area contributed by atoms with Gasteiger partial charge >= 0.3 is 0 Å². The Kier molecular flexibility index (Phi) is 8.56. The Morgan fingerprint density at radius 1 is 1.00 bits per heavy atom. The van der Waals surface area contributed by atoms with Gasteiger partial charge in [-0.3, -0.25) is 24.3 Å². The van der Waals surface area contributed by atoms with Crippen LogP contribution in [0, 0.1) is 6.92 Å². The van der Waals surface area contributed by atoms with Crippen molar-refractivity contribution in [3.63, 3.8) is 0 Å². The Morgan fingerprint density at radius 2 is 1.68 bits per heavy atom. The van der Waals surface area contributed by atoms with Gasteiger partial charge in [0.2, 0.25) is 17.7 Å². The molecule has 1 aromatic heterocycles. The predicted molar refractivity (Wildman–Crippen MR) is 132 cm³/mol. The van der Waals surface area contributed by atoms with Crippen molar-refractivity contribution in [3.05, 3.63) is 65.5 Å². The second kappa shape index (κ2) is 11.4. The average Bonchev–Trinajstić information content (AvgIpc) is 3.07. The number of likely N-dealkylation sites (N-methyl/N-ethyl adjacent to an activating group) is 2. The number of nitrogens with zero attached hydrogens (tertiary/aromatic N) is 4. The number of carbonyl (C=O) groups is 3. The van der Waals surface area contributed by atoms with Crippen LogP contribution >= 0.6 is 0 Å². The molecule has 34 heavy (non-hydrogen) atoms. The van der Waals surface area contributed by atoms with Crippen LogP contribution in [-0.2, 0) is 26.3 Å². The molecule has 182 valence electrons. The number of aryl methyl sites for hydroxylation is 1. The fourth-order valence-corrected chi connectivity index (χ4v) is 4.82. The molecule has 0 radical (unpaired) electrons. The highest BCUT2D eigenvalue weighted by atomic mass is 16.2. The summed E-state index contributed by atoms with van der Waals surface area (Å²) < 4.78 is 0. The topological polar surface area (TPSA) is 73.8 Å². The molecule has 0 N–H and O–H groups in total. The number of aromatic nitrogens is 1. The van der Waals surface area contributed by atoms with Crippen molar-refractivity contribution in [3.8, 4) is 0 Å².